The summed E-state index contributed by atoms with van der Waals surface area (Å²) in [5, 5.41) is 3.49. The van der Waals surface area contributed by atoms with E-state index in [0.29, 0.717) is 32.7 Å². The smallest absolute Gasteiger partial charge is 0.273 e. The van der Waals surface area contributed by atoms with Crippen molar-refractivity contribution in [3.05, 3.63) is 57.7 Å². The zero-order chi connectivity index (χ0) is 24.2. The summed E-state index contributed by atoms with van der Waals surface area (Å²) in [6.45, 7) is 1.82. The Morgan fingerprint density at radius 2 is 1.86 bits per heavy atom. The van der Waals surface area contributed by atoms with Crippen molar-refractivity contribution in [1.29, 1.82) is 0 Å². The summed E-state index contributed by atoms with van der Waals surface area (Å²) >= 11 is 12.3. The van der Waals surface area contributed by atoms with Crippen LogP contribution in [0, 0.1) is 0 Å². The fourth-order valence-electron chi connectivity index (χ4n) is 3.87. The van der Waals surface area contributed by atoms with Gasteiger partial charge in [-0.05, 0) is 50.8 Å². The van der Waals surface area contributed by atoms with Gasteiger partial charge in [-0.15, -0.1) is 24.8 Å². The number of ether oxygens (including phenoxy) is 2. The lowest BCUT2D eigenvalue weighted by molar-refractivity contribution is 0.0944. The van der Waals surface area contributed by atoms with Gasteiger partial charge in [-0.1, -0.05) is 23.2 Å². The van der Waals surface area contributed by atoms with Crippen LogP contribution in [0.3, 0.4) is 0 Å². The van der Waals surface area contributed by atoms with Crippen LogP contribution >= 0.6 is 48.0 Å². The molecule has 1 unspecified atom stereocenters. The fraction of sp³-hybridized carbons (Fsp3) is 0.375. The fourth-order valence-corrected chi connectivity index (χ4v) is 4.37. The first-order chi connectivity index (χ1) is 16.4. The average Bonchev–Trinajstić information content (AvgIpc) is 3.49. The van der Waals surface area contributed by atoms with E-state index in [1.54, 1.807) is 26.2 Å². The van der Waals surface area contributed by atoms with Crippen molar-refractivity contribution in [2.75, 3.05) is 7.11 Å². The second kappa shape index (κ2) is 13.4. The summed E-state index contributed by atoms with van der Waals surface area (Å²) < 4.78 is 17.6. The quantitative estimate of drug-likeness (QED) is 0.329. The van der Waals surface area contributed by atoms with E-state index in [9.17, 15) is 4.79 Å². The summed E-state index contributed by atoms with van der Waals surface area (Å²) in [5.41, 5.74) is 7.38. The monoisotopic (exact) mass is 576 g/mol. The van der Waals surface area contributed by atoms with Crippen molar-refractivity contribution in [3.63, 3.8) is 0 Å². The number of methoxy groups -OCH3 is 1. The van der Waals surface area contributed by atoms with Gasteiger partial charge in [0.25, 0.3) is 5.91 Å². The van der Waals surface area contributed by atoms with Crippen LogP contribution in [-0.2, 0) is 6.54 Å². The number of carbonyl (C=O) groups excluding carboxylic acids is 1. The molecule has 0 spiro atoms. The second-order valence-electron chi connectivity index (χ2n) is 8.17. The predicted molar refractivity (Wildman–Crippen MR) is 144 cm³/mol. The minimum Gasteiger partial charge on any atom is -0.493 e. The molecule has 1 amide bonds. The highest BCUT2D eigenvalue weighted by molar-refractivity contribution is 6.35. The van der Waals surface area contributed by atoms with E-state index < -0.39 is 11.9 Å². The molecule has 1 aliphatic rings. The highest BCUT2D eigenvalue weighted by Crippen LogP contribution is 2.36. The lowest BCUT2D eigenvalue weighted by Crippen LogP contribution is -2.25. The van der Waals surface area contributed by atoms with Gasteiger partial charge >= 0.3 is 0 Å². The first-order valence-electron chi connectivity index (χ1n) is 11.0. The Balaban J connectivity index is 0.00000228. The molecule has 1 atom stereocenters. The number of aromatic nitrogens is 2. The summed E-state index contributed by atoms with van der Waals surface area (Å²) in [6, 6.07) is 4.85. The van der Waals surface area contributed by atoms with E-state index in [1.807, 2.05) is 6.07 Å². The molecule has 0 bridgehead atoms. The Kier molecular flexibility index (Phi) is 11.1. The molecule has 196 valence electrons. The highest BCUT2D eigenvalue weighted by atomic mass is 35.5. The lowest BCUT2D eigenvalue weighted by atomic mass is 10.2. The summed E-state index contributed by atoms with van der Waals surface area (Å²) in [4.78, 5) is 21.3. The molecular formula is C24H28Cl4N4O4. The van der Waals surface area contributed by atoms with Crippen LogP contribution in [-0.4, -0.2) is 29.1 Å². The number of pyridine rings is 1. The number of oxazole rings is 1. The van der Waals surface area contributed by atoms with Gasteiger partial charge in [0.05, 0.1) is 29.3 Å². The molecule has 0 aliphatic heterocycles. The number of nitrogens with zero attached hydrogens (tertiary/aromatic N) is 2. The Hall–Kier alpha value is -2.23. The molecular weight excluding hydrogens is 550 g/mol. The van der Waals surface area contributed by atoms with Crippen molar-refractivity contribution in [1.82, 2.24) is 15.3 Å². The molecule has 0 saturated heterocycles. The molecule has 0 radical (unpaired) electrons. The number of amides is 1. The maximum atomic E-state index is 13.0. The van der Waals surface area contributed by atoms with E-state index in [4.69, 9.17) is 42.8 Å². The SMILES string of the molecule is COc1ccc(-c2nc(C(=O)NCc3c(Cl)cncc3Cl)c(C(C)N)o2)cc1OC1CCCC1.Cl.Cl. The van der Waals surface area contributed by atoms with Crippen LogP contribution in [0.5, 0.6) is 11.5 Å². The average molecular weight is 578 g/mol. The molecule has 8 nitrogen and oxygen atoms in total. The Labute approximate surface area is 232 Å². The van der Waals surface area contributed by atoms with Gasteiger partial charge in [-0.3, -0.25) is 9.78 Å². The van der Waals surface area contributed by atoms with Crippen LogP contribution in [0.1, 0.15) is 60.5 Å². The first-order valence-corrected chi connectivity index (χ1v) is 11.8. The van der Waals surface area contributed by atoms with Gasteiger partial charge in [-0.25, -0.2) is 4.98 Å². The van der Waals surface area contributed by atoms with E-state index in [-0.39, 0.29) is 54.8 Å². The number of benzene rings is 1. The number of hydrogen-bond acceptors (Lipinski definition) is 7. The summed E-state index contributed by atoms with van der Waals surface area (Å²) in [7, 11) is 1.60. The van der Waals surface area contributed by atoms with E-state index >= 15 is 0 Å². The largest absolute Gasteiger partial charge is 0.493 e. The van der Waals surface area contributed by atoms with Crippen molar-refractivity contribution < 1.29 is 18.7 Å². The normalized spacial score (nSPS) is 13.9. The van der Waals surface area contributed by atoms with Gasteiger partial charge in [0, 0.05) is 30.1 Å². The van der Waals surface area contributed by atoms with E-state index in [0.717, 1.165) is 25.7 Å². The van der Waals surface area contributed by atoms with Crippen LogP contribution < -0.4 is 20.5 Å². The maximum absolute atomic E-state index is 13.0. The minimum absolute atomic E-state index is 0. The summed E-state index contributed by atoms with van der Waals surface area (Å²) in [5.74, 6) is 1.31. The molecule has 1 aliphatic carbocycles. The number of hydrogen-bond donors (Lipinski definition) is 2. The Bertz CT molecular complexity index is 1160. The van der Waals surface area contributed by atoms with Gasteiger partial charge in [0.15, 0.2) is 23.0 Å². The van der Waals surface area contributed by atoms with E-state index in [2.05, 4.69) is 15.3 Å². The minimum atomic E-state index is -0.553. The third kappa shape index (κ3) is 6.75. The zero-order valence-electron chi connectivity index (χ0n) is 19.8. The van der Waals surface area contributed by atoms with Crippen LogP contribution in [0.4, 0.5) is 0 Å². The van der Waals surface area contributed by atoms with Crippen LogP contribution in [0.25, 0.3) is 11.5 Å². The molecule has 1 aromatic carbocycles. The van der Waals surface area contributed by atoms with Gasteiger partial charge < -0.3 is 24.9 Å². The molecule has 4 rings (SSSR count). The zero-order valence-corrected chi connectivity index (χ0v) is 22.9. The topological polar surface area (TPSA) is 112 Å². The van der Waals surface area contributed by atoms with Crippen LogP contribution in [0.2, 0.25) is 10.0 Å². The number of nitrogens with one attached hydrogen (secondary N) is 1. The van der Waals surface area contributed by atoms with E-state index in [1.165, 1.54) is 12.4 Å². The van der Waals surface area contributed by atoms with Crippen molar-refractivity contribution in [2.45, 2.75) is 51.3 Å². The van der Waals surface area contributed by atoms with Gasteiger partial charge in [0.1, 0.15) is 0 Å². The van der Waals surface area contributed by atoms with Gasteiger partial charge in [-0.2, -0.15) is 0 Å². The molecule has 3 aromatic rings. The number of nitrogens with two attached hydrogens (primary N) is 1. The third-order valence-corrected chi connectivity index (χ3v) is 6.32. The summed E-state index contributed by atoms with van der Waals surface area (Å²) in [6.07, 6.45) is 7.41. The molecule has 1 saturated carbocycles. The number of rotatable bonds is 8. The second-order valence-corrected chi connectivity index (χ2v) is 8.99. The predicted octanol–water partition coefficient (Wildman–Crippen LogP) is 6.17. The van der Waals surface area contributed by atoms with Crippen molar-refractivity contribution in [2.24, 2.45) is 5.73 Å². The molecule has 36 heavy (non-hydrogen) atoms. The molecule has 2 aromatic heterocycles. The standard InChI is InChI=1S/C24H26Cl2N4O4.2ClH/c1-13(27)22-21(23(31)29-10-16-17(25)11-28-12-18(16)26)30-24(34-22)14-7-8-19(32-2)20(9-14)33-15-5-3-4-6-15;;/h7-9,11-13,15H,3-6,10,27H2,1-2H3,(H,29,31);2*1H. The molecule has 2 heterocycles. The third-order valence-electron chi connectivity index (χ3n) is 5.67. The van der Waals surface area contributed by atoms with Crippen molar-refractivity contribution in [3.8, 4) is 23.0 Å². The molecule has 12 heteroatoms. The van der Waals surface area contributed by atoms with Crippen LogP contribution in [0.15, 0.2) is 35.0 Å². The highest BCUT2D eigenvalue weighted by Gasteiger charge is 2.25. The Morgan fingerprint density at radius 3 is 2.47 bits per heavy atom. The maximum Gasteiger partial charge on any atom is 0.273 e. The first kappa shape index (κ1) is 30.0. The molecule has 3 N–H and O–H groups in total. The Morgan fingerprint density at radius 1 is 1.19 bits per heavy atom. The molecule has 1 fully saturated rings. The lowest BCUT2D eigenvalue weighted by Gasteiger charge is -2.16. The number of halogens is 4. The number of carbonyl (C=O) groups is 1. The van der Waals surface area contributed by atoms with Gasteiger partial charge in [0.2, 0.25) is 5.89 Å². The van der Waals surface area contributed by atoms with Crippen molar-refractivity contribution >= 4 is 53.9 Å².